The molecule has 0 bridgehead atoms. The molecule has 0 aliphatic rings. The number of rotatable bonds is 1. The molecule has 82 valence electrons. The molecule has 0 fully saturated rings. The van der Waals surface area contributed by atoms with Crippen molar-refractivity contribution in [3.8, 4) is 5.75 Å². The Morgan fingerprint density at radius 3 is 2.13 bits per heavy atom. The van der Waals surface area contributed by atoms with Gasteiger partial charge < -0.3 is 15.2 Å². The summed E-state index contributed by atoms with van der Waals surface area (Å²) < 4.78 is 36.9. The normalized spacial score (nSPS) is 11.6. The molecule has 0 aromatic heterocycles. The quantitative estimate of drug-likeness (QED) is 0.635. The Bertz CT molecular complexity index is 380. The third-order valence-corrected chi connectivity index (χ3v) is 1.98. The highest BCUT2D eigenvalue weighted by molar-refractivity contribution is 6.59. The predicted molar refractivity (Wildman–Crippen MR) is 47.9 cm³/mol. The van der Waals surface area contributed by atoms with E-state index in [-0.39, 0.29) is 0 Å². The summed E-state index contributed by atoms with van der Waals surface area (Å²) in [5.74, 6) is -1.13. The van der Waals surface area contributed by atoms with E-state index in [1.807, 2.05) is 0 Å². The van der Waals surface area contributed by atoms with Crippen molar-refractivity contribution >= 4 is 24.2 Å². The number of benzene rings is 1. The zero-order valence-electron chi connectivity index (χ0n) is 7.09. The molecule has 0 unspecified atom stereocenters. The largest absolute Gasteiger partial charge is 0.506 e. The van der Waals surface area contributed by atoms with Crippen LogP contribution in [0.15, 0.2) is 12.1 Å². The minimum atomic E-state index is -4.81. The monoisotopic (exact) mass is 240 g/mol. The van der Waals surface area contributed by atoms with Gasteiger partial charge in [0.25, 0.3) is 0 Å². The van der Waals surface area contributed by atoms with E-state index in [1.54, 1.807) is 0 Å². The Morgan fingerprint density at radius 1 is 1.20 bits per heavy atom. The maximum atomic E-state index is 12.3. The minimum absolute atomic E-state index is 0.422. The number of hydrogen-bond donors (Lipinski definition) is 3. The lowest BCUT2D eigenvalue weighted by atomic mass is 9.79. The van der Waals surface area contributed by atoms with E-state index in [2.05, 4.69) is 0 Å². The Hall–Kier alpha value is -0.915. The average Bonchev–Trinajstić information content (AvgIpc) is 2.06. The Balaban J connectivity index is 3.38. The van der Waals surface area contributed by atoms with Gasteiger partial charge in [0.15, 0.2) is 0 Å². The fraction of sp³-hybridized carbons (Fsp3) is 0.143. The molecule has 1 aromatic carbocycles. The zero-order chi connectivity index (χ0) is 11.8. The maximum Gasteiger partial charge on any atom is 0.488 e. The van der Waals surface area contributed by atoms with Crippen LogP contribution in [0.5, 0.6) is 5.75 Å². The molecule has 0 amide bonds. The number of hydrogen-bond acceptors (Lipinski definition) is 3. The lowest BCUT2D eigenvalue weighted by molar-refractivity contribution is -0.138. The van der Waals surface area contributed by atoms with Crippen LogP contribution >= 0.6 is 11.6 Å². The van der Waals surface area contributed by atoms with Gasteiger partial charge in [-0.15, -0.1) is 0 Å². The Morgan fingerprint density at radius 2 is 1.73 bits per heavy atom. The molecule has 0 radical (unpaired) electrons. The molecule has 3 nitrogen and oxygen atoms in total. The molecule has 0 heterocycles. The van der Waals surface area contributed by atoms with Crippen LogP contribution in [-0.4, -0.2) is 22.3 Å². The van der Waals surface area contributed by atoms with Crippen molar-refractivity contribution in [3.63, 3.8) is 0 Å². The molecule has 1 rings (SSSR count). The van der Waals surface area contributed by atoms with Gasteiger partial charge in [-0.1, -0.05) is 11.6 Å². The van der Waals surface area contributed by atoms with Gasteiger partial charge in [0.2, 0.25) is 0 Å². The van der Waals surface area contributed by atoms with Crippen molar-refractivity contribution in [1.29, 1.82) is 0 Å². The fourth-order valence-electron chi connectivity index (χ4n) is 0.985. The molecule has 8 heteroatoms. The van der Waals surface area contributed by atoms with E-state index in [4.69, 9.17) is 26.8 Å². The van der Waals surface area contributed by atoms with Gasteiger partial charge in [-0.3, -0.25) is 0 Å². The lowest BCUT2D eigenvalue weighted by Gasteiger charge is -2.12. The van der Waals surface area contributed by atoms with E-state index in [0.717, 1.165) is 6.07 Å². The number of phenols is 1. The van der Waals surface area contributed by atoms with E-state index in [1.165, 1.54) is 0 Å². The van der Waals surface area contributed by atoms with Crippen molar-refractivity contribution in [2.75, 3.05) is 0 Å². The summed E-state index contributed by atoms with van der Waals surface area (Å²) in [5, 5.41) is 25.8. The molecular formula is C7H5BClF3O3. The first-order chi connectivity index (χ1) is 6.73. The van der Waals surface area contributed by atoms with Gasteiger partial charge in [-0.05, 0) is 17.6 Å². The highest BCUT2D eigenvalue weighted by Gasteiger charge is 2.36. The van der Waals surface area contributed by atoms with Gasteiger partial charge in [-0.25, -0.2) is 0 Å². The summed E-state index contributed by atoms with van der Waals surface area (Å²) in [6.07, 6.45) is -4.81. The molecular weight excluding hydrogens is 235 g/mol. The maximum absolute atomic E-state index is 12.3. The van der Waals surface area contributed by atoms with Crippen LogP contribution in [0.2, 0.25) is 5.02 Å². The lowest BCUT2D eigenvalue weighted by Crippen LogP contribution is -2.31. The molecule has 0 saturated heterocycles. The van der Waals surface area contributed by atoms with Crippen LogP contribution < -0.4 is 5.46 Å². The van der Waals surface area contributed by atoms with Gasteiger partial charge in [-0.2, -0.15) is 13.2 Å². The van der Waals surface area contributed by atoms with Crippen LogP contribution in [0.4, 0.5) is 13.2 Å². The second kappa shape index (κ2) is 3.92. The SMILES string of the molecule is OB(O)c1cc(Cl)c(O)c(C(F)(F)F)c1. The molecule has 15 heavy (non-hydrogen) atoms. The van der Waals surface area contributed by atoms with Crippen LogP contribution in [-0.2, 0) is 6.18 Å². The summed E-state index contributed by atoms with van der Waals surface area (Å²) in [4.78, 5) is 0. The molecule has 0 aliphatic heterocycles. The van der Waals surface area contributed by atoms with Crippen molar-refractivity contribution in [2.45, 2.75) is 6.18 Å². The number of alkyl halides is 3. The summed E-state index contributed by atoms with van der Waals surface area (Å²) >= 11 is 5.30. The first-order valence-electron chi connectivity index (χ1n) is 3.69. The number of aromatic hydroxyl groups is 1. The Labute approximate surface area is 87.9 Å². The summed E-state index contributed by atoms with van der Waals surface area (Å²) in [6.45, 7) is 0. The molecule has 1 aromatic rings. The van der Waals surface area contributed by atoms with E-state index >= 15 is 0 Å². The zero-order valence-corrected chi connectivity index (χ0v) is 7.84. The number of halogens is 4. The van der Waals surface area contributed by atoms with Crippen LogP contribution in [0, 0.1) is 0 Å². The first-order valence-corrected chi connectivity index (χ1v) is 4.07. The van der Waals surface area contributed by atoms with E-state index in [0.29, 0.717) is 6.07 Å². The molecule has 0 saturated carbocycles. The van der Waals surface area contributed by atoms with Crippen molar-refractivity contribution in [2.24, 2.45) is 0 Å². The second-order valence-corrected chi connectivity index (χ2v) is 3.18. The summed E-state index contributed by atoms with van der Waals surface area (Å²) in [6, 6.07) is 1.27. The van der Waals surface area contributed by atoms with Gasteiger partial charge in [0, 0.05) is 0 Å². The van der Waals surface area contributed by atoms with Crippen LogP contribution in [0.25, 0.3) is 0 Å². The Kier molecular flexibility index (Phi) is 3.18. The highest BCUT2D eigenvalue weighted by Crippen LogP contribution is 2.38. The third-order valence-electron chi connectivity index (χ3n) is 1.69. The van der Waals surface area contributed by atoms with Gasteiger partial charge in [0.05, 0.1) is 10.6 Å². The van der Waals surface area contributed by atoms with Crippen molar-refractivity contribution < 1.29 is 28.3 Å². The third kappa shape index (κ3) is 2.56. The minimum Gasteiger partial charge on any atom is -0.506 e. The van der Waals surface area contributed by atoms with E-state index < -0.39 is 35.1 Å². The van der Waals surface area contributed by atoms with Crippen LogP contribution in [0.1, 0.15) is 5.56 Å². The molecule has 3 N–H and O–H groups in total. The predicted octanol–water partition coefficient (Wildman–Crippen LogP) is 0.744. The molecule has 0 spiro atoms. The standard InChI is InChI=1S/C7H5BClF3O3/c9-5-2-3(8(14)15)1-4(6(5)13)7(10,11)12/h1-2,13-15H. The van der Waals surface area contributed by atoms with Gasteiger partial charge in [0.1, 0.15) is 5.75 Å². The van der Waals surface area contributed by atoms with Crippen LogP contribution in [0.3, 0.4) is 0 Å². The van der Waals surface area contributed by atoms with E-state index in [9.17, 15) is 13.2 Å². The summed E-state index contributed by atoms with van der Waals surface area (Å²) in [7, 11) is -2.08. The first kappa shape index (κ1) is 12.2. The fourth-order valence-corrected chi connectivity index (χ4v) is 1.21. The van der Waals surface area contributed by atoms with Crippen molar-refractivity contribution in [3.05, 3.63) is 22.7 Å². The smallest absolute Gasteiger partial charge is 0.488 e. The molecule has 0 atom stereocenters. The molecule has 0 aliphatic carbocycles. The highest BCUT2D eigenvalue weighted by atomic mass is 35.5. The topological polar surface area (TPSA) is 60.7 Å². The average molecular weight is 240 g/mol. The van der Waals surface area contributed by atoms with Gasteiger partial charge >= 0.3 is 13.3 Å². The number of phenolic OH excluding ortho intramolecular Hbond substituents is 1. The summed E-state index contributed by atoms with van der Waals surface area (Å²) in [5.41, 5.74) is -1.84. The van der Waals surface area contributed by atoms with Crippen molar-refractivity contribution in [1.82, 2.24) is 0 Å². The second-order valence-electron chi connectivity index (χ2n) is 2.77.